The van der Waals surface area contributed by atoms with Gasteiger partial charge in [0, 0.05) is 11.4 Å². The van der Waals surface area contributed by atoms with Gasteiger partial charge in [0.1, 0.15) is 5.69 Å². The van der Waals surface area contributed by atoms with Gasteiger partial charge in [-0.15, -0.1) is 11.3 Å². The van der Waals surface area contributed by atoms with Crippen LogP contribution in [0.25, 0.3) is 0 Å². The molecule has 1 aliphatic rings. The van der Waals surface area contributed by atoms with Crippen LogP contribution in [0.1, 0.15) is 66.7 Å². The van der Waals surface area contributed by atoms with Gasteiger partial charge in [-0.25, -0.2) is 9.78 Å². The second-order valence-corrected chi connectivity index (χ2v) is 7.03. The number of esters is 1. The number of aromatic nitrogens is 1. The largest absolute Gasteiger partial charge is 0.461 e. The Morgan fingerprint density at radius 1 is 1.43 bits per heavy atom. The number of rotatable bonds is 4. The predicted molar refractivity (Wildman–Crippen MR) is 81.6 cm³/mol. The van der Waals surface area contributed by atoms with Gasteiger partial charge in [0.05, 0.1) is 6.61 Å². The van der Waals surface area contributed by atoms with E-state index >= 15 is 0 Å². The number of ether oxygens (including phenoxy) is 1. The van der Waals surface area contributed by atoms with E-state index in [1.54, 1.807) is 12.3 Å². The summed E-state index contributed by atoms with van der Waals surface area (Å²) in [7, 11) is 0. The average molecular weight is 310 g/mol. The Morgan fingerprint density at radius 2 is 2.10 bits per heavy atom. The molecule has 1 heterocycles. The Morgan fingerprint density at radius 3 is 2.71 bits per heavy atom. The lowest BCUT2D eigenvalue weighted by atomic mass is 9.75. The first-order chi connectivity index (χ1) is 9.91. The van der Waals surface area contributed by atoms with E-state index in [1.807, 2.05) is 0 Å². The van der Waals surface area contributed by atoms with Gasteiger partial charge < -0.3 is 10.1 Å². The highest BCUT2D eigenvalue weighted by Crippen LogP contribution is 2.35. The summed E-state index contributed by atoms with van der Waals surface area (Å²) in [5, 5.41) is 4.84. The second kappa shape index (κ2) is 6.56. The van der Waals surface area contributed by atoms with Crippen LogP contribution in [0.15, 0.2) is 5.38 Å². The van der Waals surface area contributed by atoms with Crippen molar-refractivity contribution in [2.45, 2.75) is 52.5 Å². The van der Waals surface area contributed by atoms with Gasteiger partial charge in [-0.3, -0.25) is 4.79 Å². The normalized spacial score (nSPS) is 18.2. The minimum absolute atomic E-state index is 0.202. The molecule has 21 heavy (non-hydrogen) atoms. The molecule has 0 aliphatic heterocycles. The van der Waals surface area contributed by atoms with Crippen molar-refractivity contribution < 1.29 is 14.3 Å². The van der Waals surface area contributed by atoms with E-state index in [2.05, 4.69) is 24.1 Å². The van der Waals surface area contributed by atoms with Crippen LogP contribution in [-0.4, -0.2) is 29.5 Å². The lowest BCUT2D eigenvalue weighted by molar-refractivity contribution is 0.0526. The molecule has 2 rings (SSSR count). The SMILES string of the molecule is CCOC(=O)c1nc(C(=O)NC2CCC(C)(C)CC2)cs1. The number of carbonyl (C=O) groups is 2. The van der Waals surface area contributed by atoms with Gasteiger partial charge in [-0.05, 0) is 38.0 Å². The van der Waals surface area contributed by atoms with Crippen LogP contribution in [0.2, 0.25) is 0 Å². The van der Waals surface area contributed by atoms with E-state index in [0.29, 0.717) is 17.7 Å². The molecule has 0 spiro atoms. The van der Waals surface area contributed by atoms with Crippen LogP contribution in [0, 0.1) is 5.41 Å². The van der Waals surface area contributed by atoms with E-state index in [4.69, 9.17) is 4.74 Å². The Hall–Kier alpha value is -1.43. The smallest absolute Gasteiger partial charge is 0.367 e. The molecule has 1 saturated carbocycles. The van der Waals surface area contributed by atoms with Gasteiger partial charge in [0.25, 0.3) is 5.91 Å². The van der Waals surface area contributed by atoms with E-state index < -0.39 is 5.97 Å². The summed E-state index contributed by atoms with van der Waals surface area (Å²) in [6.45, 7) is 6.57. The zero-order valence-electron chi connectivity index (χ0n) is 12.8. The quantitative estimate of drug-likeness (QED) is 0.868. The van der Waals surface area contributed by atoms with Crippen molar-refractivity contribution in [2.75, 3.05) is 6.61 Å². The highest BCUT2D eigenvalue weighted by atomic mass is 32.1. The molecule has 1 fully saturated rings. The average Bonchev–Trinajstić information content (AvgIpc) is 2.91. The number of nitrogens with one attached hydrogen (secondary N) is 1. The highest BCUT2D eigenvalue weighted by molar-refractivity contribution is 7.11. The molecular formula is C15H22N2O3S. The molecule has 1 aliphatic carbocycles. The molecule has 0 saturated heterocycles. The number of amides is 1. The molecular weight excluding hydrogens is 288 g/mol. The summed E-state index contributed by atoms with van der Waals surface area (Å²) < 4.78 is 4.87. The van der Waals surface area contributed by atoms with Crippen molar-refractivity contribution in [3.63, 3.8) is 0 Å². The maximum atomic E-state index is 12.1. The molecule has 6 heteroatoms. The zero-order valence-corrected chi connectivity index (χ0v) is 13.6. The van der Waals surface area contributed by atoms with Gasteiger partial charge in [-0.2, -0.15) is 0 Å². The van der Waals surface area contributed by atoms with Crippen molar-refractivity contribution in [3.05, 3.63) is 16.1 Å². The lowest BCUT2D eigenvalue weighted by Gasteiger charge is -2.34. The summed E-state index contributed by atoms with van der Waals surface area (Å²) >= 11 is 1.14. The zero-order chi connectivity index (χ0) is 15.5. The van der Waals surface area contributed by atoms with Gasteiger partial charge in [-0.1, -0.05) is 13.8 Å². The van der Waals surface area contributed by atoms with Crippen molar-refractivity contribution in [1.29, 1.82) is 0 Å². The first-order valence-corrected chi connectivity index (χ1v) is 8.23. The molecule has 0 aromatic carbocycles. The number of hydrogen-bond acceptors (Lipinski definition) is 5. The summed E-state index contributed by atoms with van der Waals surface area (Å²) in [6, 6.07) is 0.207. The van der Waals surface area contributed by atoms with Crippen molar-refractivity contribution >= 4 is 23.2 Å². The molecule has 116 valence electrons. The molecule has 1 N–H and O–H groups in total. The van der Waals surface area contributed by atoms with E-state index in [9.17, 15) is 9.59 Å². The van der Waals surface area contributed by atoms with Gasteiger partial charge in [0.15, 0.2) is 0 Å². The number of thiazole rings is 1. The third kappa shape index (κ3) is 4.27. The van der Waals surface area contributed by atoms with E-state index in [1.165, 1.54) is 0 Å². The summed E-state index contributed by atoms with van der Waals surface area (Å²) in [5.74, 6) is -0.674. The highest BCUT2D eigenvalue weighted by Gasteiger charge is 2.28. The molecule has 1 aromatic heterocycles. The summed E-state index contributed by atoms with van der Waals surface area (Å²) in [4.78, 5) is 27.7. The first-order valence-electron chi connectivity index (χ1n) is 7.35. The molecule has 1 aromatic rings. The third-order valence-corrected chi connectivity index (χ3v) is 4.68. The molecule has 5 nitrogen and oxygen atoms in total. The van der Waals surface area contributed by atoms with Crippen LogP contribution >= 0.6 is 11.3 Å². The predicted octanol–water partition coefficient (Wildman–Crippen LogP) is 3.02. The standard InChI is InChI=1S/C15H22N2O3S/c1-4-20-14(19)13-17-11(9-21-13)12(18)16-10-5-7-15(2,3)8-6-10/h9-10H,4-8H2,1-3H3,(H,16,18). The van der Waals surface area contributed by atoms with Crippen molar-refractivity contribution in [2.24, 2.45) is 5.41 Å². The second-order valence-electron chi connectivity index (χ2n) is 6.17. The minimum atomic E-state index is -0.471. The maximum absolute atomic E-state index is 12.1. The number of carbonyl (C=O) groups excluding carboxylic acids is 2. The van der Waals surface area contributed by atoms with Gasteiger partial charge >= 0.3 is 5.97 Å². The molecule has 0 unspecified atom stereocenters. The topological polar surface area (TPSA) is 68.3 Å². The summed E-state index contributed by atoms with van der Waals surface area (Å²) in [5.41, 5.74) is 0.673. The minimum Gasteiger partial charge on any atom is -0.461 e. The monoisotopic (exact) mass is 310 g/mol. The van der Waals surface area contributed by atoms with Crippen molar-refractivity contribution in [3.8, 4) is 0 Å². The fraction of sp³-hybridized carbons (Fsp3) is 0.667. The number of nitrogens with zero attached hydrogens (tertiary/aromatic N) is 1. The Bertz CT molecular complexity index is 515. The third-order valence-electron chi connectivity index (χ3n) is 3.86. The molecule has 0 atom stereocenters. The first kappa shape index (κ1) is 15.9. The van der Waals surface area contributed by atoms with Crippen LogP contribution in [-0.2, 0) is 4.74 Å². The van der Waals surface area contributed by atoms with Crippen LogP contribution < -0.4 is 5.32 Å². The van der Waals surface area contributed by atoms with Gasteiger partial charge in [0.2, 0.25) is 5.01 Å². The molecule has 1 amide bonds. The molecule has 0 bridgehead atoms. The lowest BCUT2D eigenvalue weighted by Crippen LogP contribution is -2.39. The Labute approximate surface area is 129 Å². The maximum Gasteiger partial charge on any atom is 0.367 e. The fourth-order valence-electron chi connectivity index (χ4n) is 2.47. The van der Waals surface area contributed by atoms with E-state index in [0.717, 1.165) is 37.0 Å². The van der Waals surface area contributed by atoms with Crippen LogP contribution in [0.3, 0.4) is 0 Å². The van der Waals surface area contributed by atoms with Crippen LogP contribution in [0.5, 0.6) is 0 Å². The Kier molecular flexibility index (Phi) is 4.98. The van der Waals surface area contributed by atoms with Crippen LogP contribution in [0.4, 0.5) is 0 Å². The van der Waals surface area contributed by atoms with Crippen molar-refractivity contribution in [1.82, 2.24) is 10.3 Å². The van der Waals surface area contributed by atoms with E-state index in [-0.39, 0.29) is 17.0 Å². The Balaban J connectivity index is 1.91. The summed E-state index contributed by atoms with van der Waals surface area (Å²) in [6.07, 6.45) is 4.22. The molecule has 0 radical (unpaired) electrons. The fourth-order valence-corrected chi connectivity index (χ4v) is 3.16. The number of hydrogen-bond donors (Lipinski definition) is 1.